The van der Waals surface area contributed by atoms with Crippen LogP contribution < -0.4 is 0 Å². The van der Waals surface area contributed by atoms with E-state index >= 15 is 0 Å². The number of allylic oxidation sites excluding steroid dienone is 1. The Labute approximate surface area is 294 Å². The van der Waals surface area contributed by atoms with Crippen LogP contribution in [0, 0.1) is 50.7 Å². The Morgan fingerprint density at radius 2 is 1.68 bits per heavy atom. The summed E-state index contributed by atoms with van der Waals surface area (Å²) in [7, 11) is 0. The number of rotatable bonds is 5. The predicted molar refractivity (Wildman–Crippen MR) is 177 cm³/mol. The maximum atomic E-state index is 14.0. The standard InChI is InChI=1S/C38H58O12/c1-18-16-47-33(46)38-12-11-35(5)20(27(38)22(42)13-21(18)38)7-8-26-36(35,6)10-9-25-34(3,4)31(23(48-19(2)41)14-37(25,26)17-40)50-32-30(45)29(44)28(43)24(15-39)49-32/h18,21,23-26,28-33,39-40,43-46H,7-17H2,1-6H3/t18-,21?,23-,24-,25+,26+,28-,29+,30-,31+,32+,33-,35-,36-,37-,38?/m1/s1. The fourth-order valence-electron chi connectivity index (χ4n) is 13.3. The predicted octanol–water partition coefficient (Wildman–Crippen LogP) is 1.99. The normalized spacial score (nSPS) is 52.7. The van der Waals surface area contributed by atoms with Crippen molar-refractivity contribution in [2.45, 2.75) is 142 Å². The summed E-state index contributed by atoms with van der Waals surface area (Å²) in [4.78, 5) is 26.7. The van der Waals surface area contributed by atoms with Crippen molar-refractivity contribution in [1.82, 2.24) is 0 Å². The van der Waals surface area contributed by atoms with Gasteiger partial charge in [-0.05, 0) is 84.9 Å². The first-order valence-electron chi connectivity index (χ1n) is 18.8. The zero-order chi connectivity index (χ0) is 36.3. The lowest BCUT2D eigenvalue weighted by molar-refractivity contribution is -0.344. The van der Waals surface area contributed by atoms with Crippen molar-refractivity contribution >= 4 is 11.8 Å². The molecule has 0 aromatic rings. The van der Waals surface area contributed by atoms with E-state index in [1.54, 1.807) is 0 Å². The van der Waals surface area contributed by atoms with E-state index in [-0.39, 0.29) is 46.9 Å². The summed E-state index contributed by atoms with van der Waals surface area (Å²) in [6.45, 7) is 11.8. The van der Waals surface area contributed by atoms with Crippen molar-refractivity contribution in [3.8, 4) is 0 Å². The van der Waals surface area contributed by atoms with E-state index in [1.165, 1.54) is 6.92 Å². The van der Waals surface area contributed by atoms with Crippen molar-refractivity contribution in [1.29, 1.82) is 0 Å². The van der Waals surface area contributed by atoms with Gasteiger partial charge in [-0.2, -0.15) is 0 Å². The van der Waals surface area contributed by atoms with Gasteiger partial charge in [-0.25, -0.2) is 0 Å². The van der Waals surface area contributed by atoms with Crippen LogP contribution in [0.5, 0.6) is 0 Å². The zero-order valence-corrected chi connectivity index (χ0v) is 30.3. The maximum absolute atomic E-state index is 14.0. The first-order chi connectivity index (χ1) is 23.4. The van der Waals surface area contributed by atoms with Gasteiger partial charge in [0.2, 0.25) is 0 Å². The van der Waals surface area contributed by atoms with E-state index in [9.17, 15) is 40.2 Å². The van der Waals surface area contributed by atoms with Crippen LogP contribution in [0.4, 0.5) is 0 Å². The average Bonchev–Trinajstić information content (AvgIpc) is 3.38. The molecule has 6 N–H and O–H groups in total. The Morgan fingerprint density at radius 3 is 2.34 bits per heavy atom. The second-order valence-corrected chi connectivity index (χ2v) is 18.0. The number of ether oxygens (including phenoxy) is 4. The average molecular weight is 707 g/mol. The van der Waals surface area contributed by atoms with Gasteiger partial charge >= 0.3 is 5.97 Å². The fourth-order valence-corrected chi connectivity index (χ4v) is 13.3. The van der Waals surface area contributed by atoms with Gasteiger partial charge in [0.1, 0.15) is 36.6 Å². The Morgan fingerprint density at radius 1 is 0.960 bits per heavy atom. The van der Waals surface area contributed by atoms with Crippen LogP contribution in [-0.2, 0) is 28.5 Å². The highest BCUT2D eigenvalue weighted by molar-refractivity contribution is 6.01. The number of ketones is 1. The smallest absolute Gasteiger partial charge is 0.302 e. The highest BCUT2D eigenvalue weighted by Crippen LogP contribution is 2.76. The number of hydrogen-bond donors (Lipinski definition) is 6. The largest absolute Gasteiger partial charge is 0.460 e. The summed E-state index contributed by atoms with van der Waals surface area (Å²) in [5.41, 5.74) is -0.796. The van der Waals surface area contributed by atoms with Gasteiger partial charge < -0.3 is 49.6 Å². The monoisotopic (exact) mass is 706 g/mol. The van der Waals surface area contributed by atoms with Crippen molar-refractivity contribution in [2.75, 3.05) is 19.8 Å². The van der Waals surface area contributed by atoms with E-state index < -0.39 is 78.0 Å². The third-order valence-corrected chi connectivity index (χ3v) is 15.8. The molecule has 2 aliphatic heterocycles. The van der Waals surface area contributed by atoms with E-state index in [0.29, 0.717) is 32.3 Å². The van der Waals surface area contributed by atoms with Crippen molar-refractivity contribution in [2.24, 2.45) is 50.7 Å². The quantitative estimate of drug-likeness (QED) is 0.180. The van der Waals surface area contributed by atoms with Crippen LogP contribution in [0.25, 0.3) is 0 Å². The van der Waals surface area contributed by atoms with Gasteiger partial charge in [0.15, 0.2) is 18.4 Å². The van der Waals surface area contributed by atoms with Crippen molar-refractivity contribution in [3.63, 3.8) is 0 Å². The Kier molecular flexibility index (Phi) is 9.05. The van der Waals surface area contributed by atoms with E-state index in [1.807, 2.05) is 13.8 Å². The highest BCUT2D eigenvalue weighted by atomic mass is 16.7. The molecule has 12 heteroatoms. The molecule has 7 rings (SSSR count). The molecule has 282 valence electrons. The van der Waals surface area contributed by atoms with Crippen LogP contribution in [0.1, 0.15) is 92.9 Å². The molecular formula is C38H58O12. The number of carbonyl (C=O) groups excluding carboxylic acids is 2. The fraction of sp³-hybridized carbons (Fsp3) is 0.895. The first-order valence-corrected chi connectivity index (χ1v) is 18.8. The minimum Gasteiger partial charge on any atom is -0.460 e. The third kappa shape index (κ3) is 4.75. The number of carbonyl (C=O) groups is 2. The molecule has 0 radical (unpaired) electrons. The molecule has 6 fully saturated rings. The first kappa shape index (κ1) is 36.9. The minimum atomic E-state index is -1.62. The lowest BCUT2D eigenvalue weighted by atomic mass is 9.34. The van der Waals surface area contributed by atoms with Gasteiger partial charge in [-0.1, -0.05) is 40.2 Å². The summed E-state index contributed by atoms with van der Waals surface area (Å²) in [6.07, 6.45) is -4.84. The molecule has 0 amide bonds. The van der Waals surface area contributed by atoms with Crippen molar-refractivity contribution < 1.29 is 59.2 Å². The Balaban J connectivity index is 1.27. The number of aliphatic hydroxyl groups excluding tert-OH is 6. The van der Waals surface area contributed by atoms with E-state index in [2.05, 4.69) is 20.8 Å². The maximum Gasteiger partial charge on any atom is 0.302 e. The van der Waals surface area contributed by atoms with E-state index in [4.69, 9.17) is 18.9 Å². The van der Waals surface area contributed by atoms with Crippen LogP contribution >= 0.6 is 0 Å². The third-order valence-electron chi connectivity index (χ3n) is 15.8. The number of aliphatic hydroxyl groups is 6. The molecule has 50 heavy (non-hydrogen) atoms. The van der Waals surface area contributed by atoms with Gasteiger partial charge in [0.25, 0.3) is 0 Å². The van der Waals surface area contributed by atoms with Gasteiger partial charge in [0.05, 0.1) is 18.6 Å². The van der Waals surface area contributed by atoms with Gasteiger partial charge in [-0.15, -0.1) is 0 Å². The number of fused-ring (bicyclic) bond motifs is 5. The van der Waals surface area contributed by atoms with Crippen molar-refractivity contribution in [3.05, 3.63) is 11.1 Å². The molecule has 5 aliphatic carbocycles. The molecule has 2 saturated heterocycles. The van der Waals surface area contributed by atoms with E-state index in [0.717, 1.165) is 36.8 Å². The number of hydrogen-bond acceptors (Lipinski definition) is 12. The van der Waals surface area contributed by atoms with Crippen LogP contribution in [0.3, 0.4) is 0 Å². The molecule has 12 nitrogen and oxygen atoms in total. The molecule has 0 aromatic heterocycles. The summed E-state index contributed by atoms with van der Waals surface area (Å²) in [6, 6.07) is 0. The summed E-state index contributed by atoms with van der Waals surface area (Å²) in [5, 5.41) is 64.6. The second kappa shape index (κ2) is 12.3. The summed E-state index contributed by atoms with van der Waals surface area (Å²) < 4.78 is 24.2. The molecule has 0 bridgehead atoms. The second-order valence-electron chi connectivity index (χ2n) is 18.0. The lowest BCUT2D eigenvalue weighted by Crippen LogP contribution is -2.70. The number of Topliss-reactive ketones (excluding diaryl/α,β-unsaturated/α-hetero) is 1. The summed E-state index contributed by atoms with van der Waals surface area (Å²) >= 11 is 0. The molecule has 4 saturated carbocycles. The molecule has 7 aliphatic rings. The summed E-state index contributed by atoms with van der Waals surface area (Å²) in [5.74, 6) is -0.242. The van der Waals surface area contributed by atoms with Crippen LogP contribution in [0.15, 0.2) is 11.1 Å². The SMILES string of the molecule is CC(=O)O[C@@H]1C[C@]2(CO)[C@H]3CCC4=C5C(=O)CC6[C@H](C)CO[C@@H](O)C56CC[C@@]4(C)[C@]3(C)CC[C@H]2C(C)(C)[C@H]1O[C@@H]1O[C@H](CO)[C@@H](O)[C@H](O)[C@H]1O. The highest BCUT2D eigenvalue weighted by Gasteiger charge is 2.73. The van der Waals surface area contributed by atoms with Crippen LogP contribution in [0.2, 0.25) is 0 Å². The Bertz CT molecular complexity index is 1410. The minimum absolute atomic E-state index is 0.00597. The van der Waals surface area contributed by atoms with Crippen LogP contribution in [-0.4, -0.2) is 111 Å². The molecular weight excluding hydrogens is 648 g/mol. The molecule has 16 atom stereocenters. The topological polar surface area (TPSA) is 192 Å². The molecule has 1 spiro atoms. The van der Waals surface area contributed by atoms with Gasteiger partial charge in [-0.3, -0.25) is 9.59 Å². The Hall–Kier alpha value is -1.48. The lowest BCUT2D eigenvalue weighted by Gasteiger charge is -2.71. The molecule has 2 unspecified atom stereocenters. The van der Waals surface area contributed by atoms with Gasteiger partial charge in [0, 0.05) is 30.9 Å². The molecule has 2 heterocycles. The zero-order valence-electron chi connectivity index (χ0n) is 30.3. The number of esters is 1. The molecule has 0 aromatic carbocycles.